The fraction of sp³-hybridized carbons (Fsp3) is 0.312. The van der Waals surface area contributed by atoms with E-state index in [1.807, 2.05) is 9.80 Å². The van der Waals surface area contributed by atoms with Gasteiger partial charge in [0.05, 0.1) is 24.5 Å². The van der Waals surface area contributed by atoms with Gasteiger partial charge >= 0.3 is 12.1 Å². The van der Waals surface area contributed by atoms with Crippen molar-refractivity contribution in [3.05, 3.63) is 119 Å². The Morgan fingerprint density at radius 2 is 1.63 bits per heavy atom. The van der Waals surface area contributed by atoms with Gasteiger partial charge in [0.2, 0.25) is 0 Å². The van der Waals surface area contributed by atoms with Gasteiger partial charge in [-0.05, 0) is 42.8 Å². The highest BCUT2D eigenvalue weighted by Crippen LogP contribution is 2.34. The van der Waals surface area contributed by atoms with Crippen LogP contribution in [0.4, 0.5) is 32.0 Å². The van der Waals surface area contributed by atoms with Crippen LogP contribution < -0.4 is 15.3 Å². The van der Waals surface area contributed by atoms with Crippen LogP contribution in [0.3, 0.4) is 0 Å². The van der Waals surface area contributed by atoms with Gasteiger partial charge in [-0.2, -0.15) is 10.2 Å². The van der Waals surface area contributed by atoms with Crippen LogP contribution in [0.15, 0.2) is 84.4 Å². The summed E-state index contributed by atoms with van der Waals surface area (Å²) in [5.41, 5.74) is -1.48. The van der Waals surface area contributed by atoms with E-state index in [9.17, 15) is 31.9 Å². The molecule has 0 bridgehead atoms. The Morgan fingerprint density at radius 3 is 2.27 bits per heavy atom. The summed E-state index contributed by atoms with van der Waals surface area (Å²) in [6, 6.07) is 11.7. The highest BCUT2D eigenvalue weighted by molar-refractivity contribution is 5.53. The second kappa shape index (κ2) is 13.4. The van der Waals surface area contributed by atoms with Gasteiger partial charge in [-0.25, -0.2) is 36.9 Å². The first kappa shape index (κ1) is 33.7. The molecule has 2 atom stereocenters. The molecule has 0 radical (unpaired) electrons. The van der Waals surface area contributed by atoms with Crippen molar-refractivity contribution in [3.63, 3.8) is 0 Å². The smallest absolute Gasteiger partial charge is 0.406 e. The number of halogens is 6. The Hall–Kier alpha value is -5.16. The van der Waals surface area contributed by atoms with Crippen molar-refractivity contribution in [1.82, 2.24) is 34.0 Å². The van der Waals surface area contributed by atoms with Crippen LogP contribution in [0.25, 0.3) is 5.69 Å². The number of aliphatic hydroxyl groups is 1. The number of alkyl halides is 3. The van der Waals surface area contributed by atoms with Gasteiger partial charge in [0, 0.05) is 49.9 Å². The van der Waals surface area contributed by atoms with Crippen molar-refractivity contribution in [2.45, 2.75) is 38.0 Å². The maximum atomic E-state index is 15.5. The molecule has 49 heavy (non-hydrogen) atoms. The molecule has 0 aliphatic carbocycles. The predicted octanol–water partition coefficient (Wildman–Crippen LogP) is 4.09. The number of piperazine rings is 1. The van der Waals surface area contributed by atoms with Crippen LogP contribution in [-0.4, -0.2) is 77.7 Å². The molecule has 3 heterocycles. The van der Waals surface area contributed by atoms with Crippen LogP contribution in [-0.2, 0) is 18.7 Å². The van der Waals surface area contributed by atoms with E-state index >= 15 is 4.39 Å². The van der Waals surface area contributed by atoms with Crippen LogP contribution in [0.1, 0.15) is 18.1 Å². The van der Waals surface area contributed by atoms with Gasteiger partial charge < -0.3 is 14.7 Å². The summed E-state index contributed by atoms with van der Waals surface area (Å²) in [5.74, 6) is -2.65. The van der Waals surface area contributed by atoms with Gasteiger partial charge in [0.15, 0.2) is 0 Å². The number of benzene rings is 3. The Labute approximate surface area is 275 Å². The summed E-state index contributed by atoms with van der Waals surface area (Å²) in [7, 11) is 0. The van der Waals surface area contributed by atoms with Gasteiger partial charge in [0.25, 0.3) is 0 Å². The molecule has 1 saturated heterocycles. The van der Waals surface area contributed by atoms with Crippen molar-refractivity contribution in [2.75, 3.05) is 31.1 Å². The maximum Gasteiger partial charge on any atom is 0.573 e. The van der Waals surface area contributed by atoms with E-state index in [4.69, 9.17) is 0 Å². The molecule has 0 unspecified atom stereocenters. The molecule has 0 spiro atoms. The summed E-state index contributed by atoms with van der Waals surface area (Å²) in [6.07, 6.45) is -0.921. The lowest BCUT2D eigenvalue weighted by atomic mass is 9.85. The minimum absolute atomic E-state index is 0.0385. The zero-order chi connectivity index (χ0) is 34.9. The van der Waals surface area contributed by atoms with Crippen LogP contribution >= 0.6 is 0 Å². The van der Waals surface area contributed by atoms with E-state index < -0.39 is 46.9 Å². The fourth-order valence-electron chi connectivity index (χ4n) is 5.99. The molecule has 5 aromatic rings. The molecule has 0 saturated carbocycles. The summed E-state index contributed by atoms with van der Waals surface area (Å²) < 4.78 is 89.0. The number of rotatable bonds is 10. The SMILES string of the molecule is C[C@@H](N1CCN(c2ccc(-n3cnn(Cc4ccc(OC(F)(F)F)cc4)c3=O)cc2F)CC1)[C@](O)(Cn1cncn1)c1ccc(F)cc1F. The molecule has 2 aromatic heterocycles. The standard InChI is InChI=1S/C32H30F6N8O3/c1-21(31(48,17-44-19-39-18-40-44)26-8-4-23(33)14-27(26)34)42-10-12-43(13-11-42)29-9-5-24(15-28(29)35)45-20-41-46(30(45)47)16-22-2-6-25(7-3-22)49-32(36,37)38/h2-9,14-15,18-21,48H,10-13,16-17H2,1H3/t21-,31-/m1/s1. The first-order valence-corrected chi connectivity index (χ1v) is 15.1. The lowest BCUT2D eigenvalue weighted by molar-refractivity contribution is -0.274. The first-order valence-electron chi connectivity index (χ1n) is 15.1. The van der Waals surface area contributed by atoms with Crippen molar-refractivity contribution in [1.29, 1.82) is 0 Å². The Balaban J connectivity index is 1.13. The van der Waals surface area contributed by atoms with E-state index in [2.05, 4.69) is 19.9 Å². The predicted molar refractivity (Wildman–Crippen MR) is 164 cm³/mol. The van der Waals surface area contributed by atoms with Crippen molar-refractivity contribution < 1.29 is 36.2 Å². The molecule has 1 N–H and O–H groups in total. The molecule has 1 aliphatic heterocycles. The monoisotopic (exact) mass is 688 g/mol. The third-order valence-electron chi connectivity index (χ3n) is 8.59. The van der Waals surface area contributed by atoms with E-state index in [0.29, 0.717) is 37.4 Å². The van der Waals surface area contributed by atoms with Crippen molar-refractivity contribution in [2.24, 2.45) is 0 Å². The van der Waals surface area contributed by atoms with E-state index in [-0.39, 0.29) is 24.3 Å². The number of hydrogen-bond acceptors (Lipinski definition) is 8. The van der Waals surface area contributed by atoms with E-state index in [1.165, 1.54) is 47.9 Å². The highest BCUT2D eigenvalue weighted by Gasteiger charge is 2.43. The van der Waals surface area contributed by atoms with E-state index in [0.717, 1.165) is 33.5 Å². The molecule has 258 valence electrons. The normalized spacial score (nSPS) is 16.0. The first-order chi connectivity index (χ1) is 23.3. The van der Waals surface area contributed by atoms with Gasteiger partial charge in [-0.15, -0.1) is 13.2 Å². The number of aromatic nitrogens is 6. The number of ether oxygens (including phenoxy) is 1. The fourth-order valence-corrected chi connectivity index (χ4v) is 5.99. The molecular weight excluding hydrogens is 658 g/mol. The van der Waals surface area contributed by atoms with Crippen molar-refractivity contribution in [3.8, 4) is 11.4 Å². The molecule has 3 aromatic carbocycles. The van der Waals surface area contributed by atoms with Crippen molar-refractivity contribution >= 4 is 5.69 Å². The number of nitrogens with zero attached hydrogens (tertiary/aromatic N) is 8. The van der Waals surface area contributed by atoms with Gasteiger partial charge in [-0.1, -0.05) is 18.2 Å². The second-order valence-electron chi connectivity index (χ2n) is 11.6. The molecule has 0 amide bonds. The maximum absolute atomic E-state index is 15.5. The molecule has 17 heteroatoms. The zero-order valence-electron chi connectivity index (χ0n) is 25.9. The zero-order valence-corrected chi connectivity index (χ0v) is 25.9. The Bertz CT molecular complexity index is 1960. The molecule has 1 fully saturated rings. The number of anilines is 1. The minimum Gasteiger partial charge on any atom is -0.406 e. The van der Waals surface area contributed by atoms with E-state index in [1.54, 1.807) is 19.1 Å². The number of hydrogen-bond donors (Lipinski definition) is 1. The highest BCUT2D eigenvalue weighted by atomic mass is 19.4. The molecular formula is C32H30F6N8O3. The molecule has 11 nitrogen and oxygen atoms in total. The van der Waals surface area contributed by atoms with Crippen LogP contribution in [0.5, 0.6) is 5.75 Å². The molecule has 1 aliphatic rings. The van der Waals surface area contributed by atoms with Gasteiger partial charge in [0.1, 0.15) is 47.8 Å². The second-order valence-corrected chi connectivity index (χ2v) is 11.6. The lowest BCUT2D eigenvalue weighted by Gasteiger charge is -2.45. The minimum atomic E-state index is -4.82. The average molecular weight is 689 g/mol. The van der Waals surface area contributed by atoms with Crippen LogP contribution in [0.2, 0.25) is 0 Å². The summed E-state index contributed by atoms with van der Waals surface area (Å²) in [5, 5.41) is 20.0. The Morgan fingerprint density at radius 1 is 0.898 bits per heavy atom. The molecule has 6 rings (SSSR count). The summed E-state index contributed by atoms with van der Waals surface area (Å²) in [4.78, 5) is 20.7. The lowest BCUT2D eigenvalue weighted by Crippen LogP contribution is -2.57. The third-order valence-corrected chi connectivity index (χ3v) is 8.59. The quantitative estimate of drug-likeness (QED) is 0.219. The summed E-state index contributed by atoms with van der Waals surface area (Å²) in [6.45, 7) is 3.02. The largest absolute Gasteiger partial charge is 0.573 e. The van der Waals surface area contributed by atoms with Gasteiger partial charge in [-0.3, -0.25) is 4.90 Å². The summed E-state index contributed by atoms with van der Waals surface area (Å²) >= 11 is 0. The topological polar surface area (TPSA) is 106 Å². The average Bonchev–Trinajstić information content (AvgIpc) is 3.70. The third kappa shape index (κ3) is 7.31. The Kier molecular flexibility index (Phi) is 9.22. The van der Waals surface area contributed by atoms with Crippen LogP contribution in [0, 0.1) is 17.5 Å².